The van der Waals surface area contributed by atoms with E-state index in [1.165, 1.54) is 35.3 Å². The summed E-state index contributed by atoms with van der Waals surface area (Å²) in [5.41, 5.74) is 5.69. The number of amides is 1. The molecule has 1 amide bonds. The van der Waals surface area contributed by atoms with Crippen LogP contribution >= 0.6 is 0 Å². The second-order valence-corrected chi connectivity index (χ2v) is 10.5. The molecule has 0 radical (unpaired) electrons. The third kappa shape index (κ3) is 7.01. The van der Waals surface area contributed by atoms with E-state index in [1.54, 1.807) is 24.5 Å². The lowest BCUT2D eigenvalue weighted by Crippen LogP contribution is -2.48. The van der Waals surface area contributed by atoms with Gasteiger partial charge in [-0.25, -0.2) is 13.4 Å². The molecule has 0 spiro atoms. The molecule has 0 unspecified atom stereocenters. The molecule has 0 bridgehead atoms. The molecule has 0 atom stereocenters. The van der Waals surface area contributed by atoms with Crippen molar-refractivity contribution in [3.8, 4) is 5.75 Å². The number of H-pyrrole nitrogens is 1. The van der Waals surface area contributed by atoms with Crippen molar-refractivity contribution in [2.24, 2.45) is 0 Å². The summed E-state index contributed by atoms with van der Waals surface area (Å²) in [6.07, 6.45) is 2.79. The predicted octanol–water partition coefficient (Wildman–Crippen LogP) is 3.85. The monoisotopic (exact) mass is 576 g/mol. The molecular formula is C26H27F3N6O4S. The Morgan fingerprint density at radius 3 is 2.60 bits per heavy atom. The maximum Gasteiger partial charge on any atom is 0.573 e. The van der Waals surface area contributed by atoms with Crippen molar-refractivity contribution < 1.29 is 31.1 Å². The number of rotatable bonds is 9. The minimum atomic E-state index is -5.15. The average Bonchev–Trinajstić information content (AvgIpc) is 3.41. The van der Waals surface area contributed by atoms with E-state index in [0.29, 0.717) is 38.3 Å². The molecule has 2 heterocycles. The summed E-state index contributed by atoms with van der Waals surface area (Å²) < 4.78 is 72.2. The minimum absolute atomic E-state index is 0.0854. The smallest absolute Gasteiger partial charge is 0.404 e. The number of aromatic nitrogens is 2. The number of alkyl halides is 3. The number of carbonyl (C=O) groups excluding carboxylic acids is 1. The first-order valence-electron chi connectivity index (χ1n) is 12.1. The van der Waals surface area contributed by atoms with E-state index in [-0.39, 0.29) is 16.1 Å². The van der Waals surface area contributed by atoms with E-state index in [2.05, 4.69) is 30.9 Å². The zero-order valence-electron chi connectivity index (χ0n) is 21.2. The molecule has 0 saturated carbocycles. The molecule has 0 aliphatic carbocycles. The van der Waals surface area contributed by atoms with Crippen molar-refractivity contribution in [3.05, 3.63) is 84.5 Å². The highest BCUT2D eigenvalue weighted by molar-refractivity contribution is 7.92. The summed E-state index contributed by atoms with van der Waals surface area (Å²) in [5.74, 6) is -0.599. The number of para-hydroxylation sites is 1. The first kappa shape index (κ1) is 28.7. The van der Waals surface area contributed by atoms with Crippen LogP contribution in [0.25, 0.3) is 6.08 Å². The van der Waals surface area contributed by atoms with E-state index in [4.69, 9.17) is 5.73 Å². The van der Waals surface area contributed by atoms with Gasteiger partial charge in [0, 0.05) is 44.1 Å². The van der Waals surface area contributed by atoms with Crippen LogP contribution < -0.4 is 15.2 Å². The number of benzene rings is 2. The Kier molecular flexibility index (Phi) is 8.49. The van der Waals surface area contributed by atoms with Gasteiger partial charge in [0.05, 0.1) is 17.9 Å². The van der Waals surface area contributed by atoms with Gasteiger partial charge >= 0.3 is 6.36 Å². The second kappa shape index (κ2) is 11.8. The van der Waals surface area contributed by atoms with Gasteiger partial charge in [0.1, 0.15) is 10.7 Å². The topological polar surface area (TPSA) is 134 Å². The Labute approximate surface area is 229 Å². The number of allylic oxidation sites excluding steroid dienone is 2. The zero-order chi connectivity index (χ0) is 28.9. The lowest BCUT2D eigenvalue weighted by Gasteiger charge is -2.34. The lowest BCUT2D eigenvalue weighted by molar-refractivity contribution is -0.274. The van der Waals surface area contributed by atoms with E-state index in [1.807, 2.05) is 0 Å². The number of anilines is 2. The van der Waals surface area contributed by atoms with E-state index in [9.17, 15) is 26.4 Å². The maximum absolute atomic E-state index is 13.3. The van der Waals surface area contributed by atoms with E-state index in [0.717, 1.165) is 18.0 Å². The van der Waals surface area contributed by atoms with Gasteiger partial charge in [-0.15, -0.1) is 13.2 Å². The van der Waals surface area contributed by atoms with E-state index < -0.39 is 33.7 Å². The summed E-state index contributed by atoms with van der Waals surface area (Å²) in [6, 6.07) is 7.40. The van der Waals surface area contributed by atoms with Crippen molar-refractivity contribution >= 4 is 33.4 Å². The number of nitrogen functional groups attached to an aromatic ring is 1. The molecule has 2 aromatic carbocycles. The van der Waals surface area contributed by atoms with Crippen LogP contribution in [-0.4, -0.2) is 66.6 Å². The molecule has 14 heteroatoms. The third-order valence-corrected chi connectivity index (χ3v) is 7.51. The average molecular weight is 577 g/mol. The summed E-state index contributed by atoms with van der Waals surface area (Å²) in [4.78, 5) is 23.6. The van der Waals surface area contributed by atoms with Gasteiger partial charge in [-0.3, -0.25) is 14.4 Å². The quantitative estimate of drug-likeness (QED) is 0.260. The lowest BCUT2D eigenvalue weighted by atomic mass is 10.1. The fourth-order valence-electron chi connectivity index (χ4n) is 4.15. The Bertz CT molecular complexity index is 1500. The van der Waals surface area contributed by atoms with Crippen LogP contribution in [0.5, 0.6) is 5.75 Å². The molecule has 4 rings (SSSR count). The molecule has 1 fully saturated rings. The molecule has 1 aromatic heterocycles. The van der Waals surface area contributed by atoms with Crippen LogP contribution in [0.3, 0.4) is 0 Å². The molecule has 4 N–H and O–H groups in total. The highest BCUT2D eigenvalue weighted by Crippen LogP contribution is 2.34. The highest BCUT2D eigenvalue weighted by atomic mass is 32.2. The Hall–Kier alpha value is -4.30. The molecule has 1 aliphatic rings. The second-order valence-electron chi connectivity index (χ2n) is 8.82. The van der Waals surface area contributed by atoms with Crippen LogP contribution in [0, 0.1) is 0 Å². The first-order valence-corrected chi connectivity index (χ1v) is 13.6. The van der Waals surface area contributed by atoms with Gasteiger partial charge in [0.15, 0.2) is 5.75 Å². The number of hydrogen-bond donors (Lipinski definition) is 3. The number of aromatic amines is 1. The molecular weight excluding hydrogens is 549 g/mol. The fraction of sp³-hybridized carbons (Fsp3) is 0.231. The number of carbonyl (C=O) groups is 1. The van der Waals surface area contributed by atoms with Gasteiger partial charge in [0.2, 0.25) is 0 Å². The highest BCUT2D eigenvalue weighted by Gasteiger charge is 2.34. The Morgan fingerprint density at radius 2 is 1.95 bits per heavy atom. The number of ether oxygens (including phenoxy) is 1. The SMILES string of the molecule is C=C/C=C\c1cccc(S(=O)(=O)Nc2ccc(C(=O)N3CCN(Cc4ncc[nH]4)CC3)cc2OC(F)(F)F)c1N. The van der Waals surface area contributed by atoms with Crippen molar-refractivity contribution in [2.75, 3.05) is 36.6 Å². The maximum atomic E-state index is 13.3. The van der Waals surface area contributed by atoms with Crippen molar-refractivity contribution in [1.29, 1.82) is 0 Å². The summed E-state index contributed by atoms with van der Waals surface area (Å²) >= 11 is 0. The van der Waals surface area contributed by atoms with Crippen LogP contribution in [0.1, 0.15) is 21.7 Å². The number of sulfonamides is 1. The Balaban J connectivity index is 1.55. The van der Waals surface area contributed by atoms with Crippen molar-refractivity contribution in [2.45, 2.75) is 17.8 Å². The number of imidazole rings is 1. The zero-order valence-corrected chi connectivity index (χ0v) is 22.0. The molecule has 3 aromatic rings. The van der Waals surface area contributed by atoms with Crippen LogP contribution in [0.2, 0.25) is 0 Å². The van der Waals surface area contributed by atoms with Gasteiger partial charge in [0.25, 0.3) is 15.9 Å². The van der Waals surface area contributed by atoms with E-state index >= 15 is 0 Å². The number of halogens is 3. The van der Waals surface area contributed by atoms with Gasteiger partial charge in [-0.05, 0) is 29.8 Å². The van der Waals surface area contributed by atoms with Gasteiger partial charge in [-0.2, -0.15) is 0 Å². The minimum Gasteiger partial charge on any atom is -0.404 e. The van der Waals surface area contributed by atoms with Crippen LogP contribution in [0.4, 0.5) is 24.5 Å². The van der Waals surface area contributed by atoms with Crippen molar-refractivity contribution in [1.82, 2.24) is 19.8 Å². The van der Waals surface area contributed by atoms with Crippen LogP contribution in [-0.2, 0) is 16.6 Å². The molecule has 10 nitrogen and oxygen atoms in total. The number of hydrogen-bond acceptors (Lipinski definition) is 7. The molecule has 1 saturated heterocycles. The number of nitrogens with two attached hydrogens (primary N) is 1. The van der Waals surface area contributed by atoms with Gasteiger partial charge in [-0.1, -0.05) is 36.9 Å². The first-order chi connectivity index (χ1) is 19.0. The number of nitrogens with zero attached hydrogens (tertiary/aromatic N) is 3. The number of nitrogens with one attached hydrogen (secondary N) is 2. The molecule has 1 aliphatic heterocycles. The third-order valence-electron chi connectivity index (χ3n) is 6.09. The summed E-state index contributed by atoms with van der Waals surface area (Å²) in [6.45, 7) is 5.89. The summed E-state index contributed by atoms with van der Waals surface area (Å²) in [5, 5.41) is 0. The normalized spacial score (nSPS) is 14.8. The largest absolute Gasteiger partial charge is 0.573 e. The molecule has 40 heavy (non-hydrogen) atoms. The summed E-state index contributed by atoms with van der Waals surface area (Å²) in [7, 11) is -4.44. The Morgan fingerprint density at radius 1 is 1.20 bits per heavy atom. The van der Waals surface area contributed by atoms with Gasteiger partial charge < -0.3 is 20.4 Å². The standard InChI is InChI=1S/C26H27F3N6O4S/c1-2-3-5-18-6-4-7-22(24(18)30)40(37,38)33-20-9-8-19(16-21(20)39-26(27,28)29)25(36)35-14-12-34(13-15-35)17-23-31-10-11-32-23/h2-11,16,33H,1,12-15,17,30H2,(H,31,32)/b5-3-. The van der Waals surface area contributed by atoms with Crippen molar-refractivity contribution in [3.63, 3.8) is 0 Å². The number of piperazine rings is 1. The molecule has 212 valence electrons. The predicted molar refractivity (Wildman–Crippen MR) is 144 cm³/mol. The van der Waals surface area contributed by atoms with Crippen LogP contribution in [0.15, 0.2) is 72.4 Å². The fourth-order valence-corrected chi connectivity index (χ4v) is 5.38.